The second-order valence-corrected chi connectivity index (χ2v) is 5.25. The van der Waals surface area contributed by atoms with Gasteiger partial charge in [0.1, 0.15) is 5.75 Å². The highest BCUT2D eigenvalue weighted by Crippen LogP contribution is 2.14. The molecule has 0 fully saturated rings. The Morgan fingerprint density at radius 2 is 1.77 bits per heavy atom. The molecule has 0 aliphatic rings. The minimum atomic E-state index is -0.189. The molecule has 2 N–H and O–H groups in total. The number of benzene rings is 2. The van der Waals surface area contributed by atoms with E-state index in [1.54, 1.807) is 7.11 Å². The van der Waals surface area contributed by atoms with Gasteiger partial charge in [0.05, 0.1) is 7.11 Å². The summed E-state index contributed by atoms with van der Waals surface area (Å²) in [7, 11) is 1.61. The van der Waals surface area contributed by atoms with Crippen LogP contribution in [0.4, 0.5) is 10.5 Å². The highest BCUT2D eigenvalue weighted by Gasteiger charge is 2.07. The fourth-order valence-corrected chi connectivity index (χ4v) is 2.17. The second kappa shape index (κ2) is 8.08. The van der Waals surface area contributed by atoms with Gasteiger partial charge in [-0.15, -0.1) is 0 Å². The Labute approximate surface area is 131 Å². The average molecular weight is 298 g/mol. The smallest absolute Gasteiger partial charge is 0.319 e. The van der Waals surface area contributed by atoms with Crippen molar-refractivity contribution in [3.8, 4) is 5.75 Å². The van der Waals surface area contributed by atoms with Gasteiger partial charge < -0.3 is 15.4 Å². The quantitative estimate of drug-likeness (QED) is 0.851. The van der Waals surface area contributed by atoms with Gasteiger partial charge in [0, 0.05) is 11.7 Å². The van der Waals surface area contributed by atoms with Gasteiger partial charge in [0.2, 0.25) is 0 Å². The molecule has 4 heteroatoms. The highest BCUT2D eigenvalue weighted by molar-refractivity contribution is 5.89. The van der Waals surface area contributed by atoms with Crippen LogP contribution < -0.4 is 15.4 Å². The molecule has 116 valence electrons. The van der Waals surface area contributed by atoms with Crippen LogP contribution in [-0.4, -0.2) is 19.2 Å². The number of hydrogen-bond donors (Lipinski definition) is 2. The molecule has 2 aromatic rings. The first-order valence-corrected chi connectivity index (χ1v) is 7.43. The summed E-state index contributed by atoms with van der Waals surface area (Å²) >= 11 is 0. The molecule has 0 heterocycles. The van der Waals surface area contributed by atoms with Crippen LogP contribution >= 0.6 is 0 Å². The number of methoxy groups -OCH3 is 1. The van der Waals surface area contributed by atoms with Gasteiger partial charge in [-0.25, -0.2) is 4.79 Å². The largest absolute Gasteiger partial charge is 0.497 e. The standard InChI is InChI=1S/C18H22N2O2/c1-14(8-9-15-6-4-3-5-7-15)19-18(21)20-16-10-12-17(22-2)13-11-16/h3-7,10-14H,8-9H2,1-2H3,(H2,19,20,21)/t14-/m1/s1. The molecule has 0 unspecified atom stereocenters. The number of amides is 2. The van der Waals surface area contributed by atoms with Crippen molar-refractivity contribution in [2.24, 2.45) is 0 Å². The topological polar surface area (TPSA) is 50.4 Å². The third-order valence-electron chi connectivity index (χ3n) is 3.43. The number of hydrogen-bond acceptors (Lipinski definition) is 2. The van der Waals surface area contributed by atoms with E-state index in [4.69, 9.17) is 4.74 Å². The summed E-state index contributed by atoms with van der Waals surface area (Å²) in [5, 5.41) is 5.76. The lowest BCUT2D eigenvalue weighted by atomic mass is 10.1. The van der Waals surface area contributed by atoms with Crippen molar-refractivity contribution in [1.82, 2.24) is 5.32 Å². The van der Waals surface area contributed by atoms with Crippen molar-refractivity contribution >= 4 is 11.7 Å². The first kappa shape index (κ1) is 15.9. The molecule has 0 radical (unpaired) electrons. The third kappa shape index (κ3) is 5.13. The van der Waals surface area contributed by atoms with Crippen LogP contribution in [-0.2, 0) is 6.42 Å². The summed E-state index contributed by atoms with van der Waals surface area (Å²) in [6.07, 6.45) is 1.85. The zero-order valence-corrected chi connectivity index (χ0v) is 13.0. The zero-order valence-electron chi connectivity index (χ0n) is 13.0. The Morgan fingerprint density at radius 3 is 2.41 bits per heavy atom. The Balaban J connectivity index is 1.75. The molecular formula is C18H22N2O2. The number of urea groups is 1. The summed E-state index contributed by atoms with van der Waals surface area (Å²) in [6, 6.07) is 17.4. The van der Waals surface area contributed by atoms with Crippen LogP contribution in [0.15, 0.2) is 54.6 Å². The maximum Gasteiger partial charge on any atom is 0.319 e. The summed E-state index contributed by atoms with van der Waals surface area (Å²) in [5.41, 5.74) is 2.03. The summed E-state index contributed by atoms with van der Waals surface area (Å²) < 4.78 is 5.08. The summed E-state index contributed by atoms with van der Waals surface area (Å²) in [4.78, 5) is 11.9. The maximum atomic E-state index is 11.9. The number of carbonyl (C=O) groups is 1. The molecule has 1 atom stereocenters. The number of ether oxygens (including phenoxy) is 1. The molecule has 0 spiro atoms. The molecule has 0 bridgehead atoms. The van der Waals surface area contributed by atoms with Crippen molar-refractivity contribution in [2.75, 3.05) is 12.4 Å². The van der Waals surface area contributed by atoms with Crippen molar-refractivity contribution in [2.45, 2.75) is 25.8 Å². The van der Waals surface area contributed by atoms with Crippen molar-refractivity contribution in [3.05, 3.63) is 60.2 Å². The molecule has 0 saturated carbocycles. The highest BCUT2D eigenvalue weighted by atomic mass is 16.5. The van der Waals surface area contributed by atoms with Crippen LogP contribution in [0.3, 0.4) is 0 Å². The number of rotatable bonds is 6. The van der Waals surface area contributed by atoms with Crippen LogP contribution in [0, 0.1) is 0 Å². The van der Waals surface area contributed by atoms with Gasteiger partial charge in [-0.1, -0.05) is 30.3 Å². The Kier molecular flexibility index (Phi) is 5.83. The van der Waals surface area contributed by atoms with Gasteiger partial charge >= 0.3 is 6.03 Å². The second-order valence-electron chi connectivity index (χ2n) is 5.25. The summed E-state index contributed by atoms with van der Waals surface area (Å²) in [6.45, 7) is 2.01. The fourth-order valence-electron chi connectivity index (χ4n) is 2.17. The number of nitrogens with one attached hydrogen (secondary N) is 2. The number of carbonyl (C=O) groups excluding carboxylic acids is 1. The molecule has 0 aliphatic carbocycles. The lowest BCUT2D eigenvalue weighted by Crippen LogP contribution is -2.36. The van der Waals surface area contributed by atoms with Gasteiger partial charge in [-0.2, -0.15) is 0 Å². The molecule has 2 aromatic carbocycles. The van der Waals surface area contributed by atoms with E-state index in [1.165, 1.54) is 5.56 Å². The minimum Gasteiger partial charge on any atom is -0.497 e. The van der Waals surface area contributed by atoms with E-state index in [1.807, 2.05) is 49.4 Å². The first-order chi connectivity index (χ1) is 10.7. The molecule has 4 nitrogen and oxygen atoms in total. The van der Waals surface area contributed by atoms with Crippen LogP contribution in [0.5, 0.6) is 5.75 Å². The number of anilines is 1. The van der Waals surface area contributed by atoms with E-state index >= 15 is 0 Å². The molecule has 0 aromatic heterocycles. The van der Waals surface area contributed by atoms with Crippen molar-refractivity contribution < 1.29 is 9.53 Å². The SMILES string of the molecule is COc1ccc(NC(=O)N[C@H](C)CCc2ccccc2)cc1. The first-order valence-electron chi connectivity index (χ1n) is 7.43. The predicted molar refractivity (Wildman–Crippen MR) is 89.4 cm³/mol. The normalized spacial score (nSPS) is 11.5. The van der Waals surface area contributed by atoms with E-state index in [2.05, 4.69) is 22.8 Å². The third-order valence-corrected chi connectivity index (χ3v) is 3.43. The molecule has 2 amide bonds. The minimum absolute atomic E-state index is 0.110. The Bertz CT molecular complexity index is 582. The number of aryl methyl sites for hydroxylation is 1. The van der Waals surface area contributed by atoms with Gasteiger partial charge in [0.25, 0.3) is 0 Å². The Hall–Kier alpha value is -2.49. The van der Waals surface area contributed by atoms with Crippen LogP contribution in [0.25, 0.3) is 0 Å². The van der Waals surface area contributed by atoms with Crippen LogP contribution in [0.2, 0.25) is 0 Å². The fraction of sp³-hybridized carbons (Fsp3) is 0.278. The molecule has 2 rings (SSSR count). The van der Waals surface area contributed by atoms with Crippen LogP contribution in [0.1, 0.15) is 18.9 Å². The van der Waals surface area contributed by atoms with E-state index in [9.17, 15) is 4.79 Å². The van der Waals surface area contributed by atoms with Crippen molar-refractivity contribution in [3.63, 3.8) is 0 Å². The summed E-state index contributed by atoms with van der Waals surface area (Å²) in [5.74, 6) is 0.766. The lowest BCUT2D eigenvalue weighted by Gasteiger charge is -2.15. The average Bonchev–Trinajstić information content (AvgIpc) is 2.54. The molecule has 22 heavy (non-hydrogen) atoms. The van der Waals surface area contributed by atoms with Gasteiger partial charge in [-0.3, -0.25) is 0 Å². The van der Waals surface area contributed by atoms with E-state index in [0.29, 0.717) is 0 Å². The lowest BCUT2D eigenvalue weighted by molar-refractivity contribution is 0.248. The molecule has 0 aliphatic heterocycles. The molecule has 0 saturated heterocycles. The Morgan fingerprint density at radius 1 is 1.09 bits per heavy atom. The van der Waals surface area contributed by atoms with E-state index < -0.39 is 0 Å². The predicted octanol–water partition coefficient (Wildman–Crippen LogP) is 3.84. The monoisotopic (exact) mass is 298 g/mol. The molecular weight excluding hydrogens is 276 g/mol. The van der Waals surface area contributed by atoms with E-state index in [0.717, 1.165) is 24.3 Å². The van der Waals surface area contributed by atoms with Crippen molar-refractivity contribution in [1.29, 1.82) is 0 Å². The zero-order chi connectivity index (χ0) is 15.8. The van der Waals surface area contributed by atoms with Gasteiger partial charge in [0.15, 0.2) is 0 Å². The van der Waals surface area contributed by atoms with Gasteiger partial charge in [-0.05, 0) is 49.6 Å². The van der Waals surface area contributed by atoms with E-state index in [-0.39, 0.29) is 12.1 Å². The maximum absolute atomic E-state index is 11.9.